The van der Waals surface area contributed by atoms with Gasteiger partial charge in [-0.1, -0.05) is 12.1 Å². The molecule has 0 atom stereocenters. The fourth-order valence-electron chi connectivity index (χ4n) is 1.05. The van der Waals surface area contributed by atoms with Gasteiger partial charge in [-0.2, -0.15) is 0 Å². The van der Waals surface area contributed by atoms with Gasteiger partial charge >= 0.3 is 0 Å². The normalized spacial score (nSPS) is 14.1. The third-order valence-electron chi connectivity index (χ3n) is 1.57. The SMILES string of the molecule is CN1C=Nc2ccccc2N1. The molecule has 3 heteroatoms. The second-order valence-corrected chi connectivity index (χ2v) is 2.48. The van der Waals surface area contributed by atoms with Gasteiger partial charge < -0.3 is 0 Å². The summed E-state index contributed by atoms with van der Waals surface area (Å²) in [6.07, 6.45) is 1.75. The molecule has 3 nitrogen and oxygen atoms in total. The van der Waals surface area contributed by atoms with Crippen molar-refractivity contribution >= 4 is 17.7 Å². The molecule has 0 fully saturated rings. The maximum atomic E-state index is 4.21. The highest BCUT2D eigenvalue weighted by Gasteiger charge is 2.04. The second-order valence-electron chi connectivity index (χ2n) is 2.48. The number of hydrogen-bond acceptors (Lipinski definition) is 3. The van der Waals surface area contributed by atoms with E-state index in [-0.39, 0.29) is 0 Å². The number of rotatable bonds is 0. The maximum Gasteiger partial charge on any atom is 0.110 e. The molecule has 0 saturated heterocycles. The number of hydrazine groups is 1. The monoisotopic (exact) mass is 147 g/mol. The van der Waals surface area contributed by atoms with Crippen LogP contribution in [0.15, 0.2) is 29.3 Å². The van der Waals surface area contributed by atoms with Gasteiger partial charge in [0.05, 0.1) is 11.4 Å². The van der Waals surface area contributed by atoms with Gasteiger partial charge in [0.25, 0.3) is 0 Å². The van der Waals surface area contributed by atoms with E-state index in [0.717, 1.165) is 11.4 Å². The number of benzene rings is 1. The Balaban J connectivity index is 2.46. The van der Waals surface area contributed by atoms with Crippen LogP contribution in [-0.2, 0) is 0 Å². The summed E-state index contributed by atoms with van der Waals surface area (Å²) in [4.78, 5) is 4.21. The standard InChI is InChI=1S/C8H9N3/c1-11-6-9-7-4-2-3-5-8(7)10-11/h2-6,10H,1H3. The Kier molecular flexibility index (Phi) is 1.28. The summed E-state index contributed by atoms with van der Waals surface area (Å²) < 4.78 is 0. The molecule has 2 rings (SSSR count). The molecule has 1 aliphatic heterocycles. The van der Waals surface area contributed by atoms with Crippen molar-refractivity contribution < 1.29 is 0 Å². The zero-order valence-electron chi connectivity index (χ0n) is 6.28. The van der Waals surface area contributed by atoms with Gasteiger partial charge in [-0.15, -0.1) is 0 Å². The zero-order valence-corrected chi connectivity index (χ0v) is 6.28. The lowest BCUT2D eigenvalue weighted by Gasteiger charge is -2.21. The molecule has 0 aliphatic carbocycles. The van der Waals surface area contributed by atoms with Crippen LogP contribution >= 0.6 is 0 Å². The quantitative estimate of drug-likeness (QED) is 0.603. The van der Waals surface area contributed by atoms with Crippen LogP contribution in [0.2, 0.25) is 0 Å². The van der Waals surface area contributed by atoms with Crippen LogP contribution in [0.1, 0.15) is 0 Å². The Bertz CT molecular complexity index is 293. The molecular weight excluding hydrogens is 138 g/mol. The fourth-order valence-corrected chi connectivity index (χ4v) is 1.05. The molecule has 1 aromatic rings. The van der Waals surface area contributed by atoms with E-state index in [1.165, 1.54) is 0 Å². The number of nitrogens with zero attached hydrogens (tertiary/aromatic N) is 2. The van der Waals surface area contributed by atoms with E-state index in [1.807, 2.05) is 36.3 Å². The molecule has 0 unspecified atom stereocenters. The first-order valence-electron chi connectivity index (χ1n) is 3.49. The minimum absolute atomic E-state index is 0.991. The molecule has 0 aromatic heterocycles. The highest BCUT2D eigenvalue weighted by molar-refractivity contribution is 5.76. The first-order chi connectivity index (χ1) is 5.36. The summed E-state index contributed by atoms with van der Waals surface area (Å²) in [7, 11) is 1.92. The number of para-hydroxylation sites is 2. The topological polar surface area (TPSA) is 27.6 Å². The van der Waals surface area contributed by atoms with Crippen LogP contribution in [0.25, 0.3) is 0 Å². The minimum atomic E-state index is 0.991. The number of fused-ring (bicyclic) bond motifs is 1. The number of aliphatic imine (C=N–C) groups is 1. The molecule has 1 heterocycles. The van der Waals surface area contributed by atoms with Crippen molar-refractivity contribution in [3.63, 3.8) is 0 Å². The third kappa shape index (κ3) is 1.05. The van der Waals surface area contributed by atoms with E-state index in [1.54, 1.807) is 6.34 Å². The lowest BCUT2D eigenvalue weighted by molar-refractivity contribution is 0.622. The summed E-state index contributed by atoms with van der Waals surface area (Å²) in [5, 5.41) is 1.82. The second kappa shape index (κ2) is 2.27. The van der Waals surface area contributed by atoms with Crippen molar-refractivity contribution in [3.8, 4) is 0 Å². The van der Waals surface area contributed by atoms with Gasteiger partial charge in [-0.05, 0) is 12.1 Å². The number of nitrogens with one attached hydrogen (secondary N) is 1. The van der Waals surface area contributed by atoms with Crippen molar-refractivity contribution in [2.45, 2.75) is 0 Å². The lowest BCUT2D eigenvalue weighted by atomic mass is 10.3. The highest BCUT2D eigenvalue weighted by atomic mass is 15.5. The predicted molar refractivity (Wildman–Crippen MR) is 46.0 cm³/mol. The molecule has 1 aliphatic rings. The van der Waals surface area contributed by atoms with Crippen molar-refractivity contribution in [2.24, 2.45) is 4.99 Å². The van der Waals surface area contributed by atoms with Gasteiger partial charge in [0, 0.05) is 7.05 Å². The van der Waals surface area contributed by atoms with E-state index in [9.17, 15) is 0 Å². The average Bonchev–Trinajstić information content (AvgIpc) is 2.04. The van der Waals surface area contributed by atoms with Crippen molar-refractivity contribution in [3.05, 3.63) is 24.3 Å². The minimum Gasteiger partial charge on any atom is -0.296 e. The molecule has 0 bridgehead atoms. The predicted octanol–water partition coefficient (Wildman–Crippen LogP) is 1.62. The molecule has 0 radical (unpaired) electrons. The van der Waals surface area contributed by atoms with Gasteiger partial charge in [0.2, 0.25) is 0 Å². The molecular formula is C8H9N3. The molecule has 1 aromatic carbocycles. The van der Waals surface area contributed by atoms with Crippen LogP contribution in [0, 0.1) is 0 Å². The maximum absolute atomic E-state index is 4.21. The van der Waals surface area contributed by atoms with Crippen LogP contribution in [0.3, 0.4) is 0 Å². The van der Waals surface area contributed by atoms with Gasteiger partial charge in [-0.25, -0.2) is 4.99 Å². The first-order valence-corrected chi connectivity index (χ1v) is 3.49. The van der Waals surface area contributed by atoms with E-state index >= 15 is 0 Å². The smallest absolute Gasteiger partial charge is 0.110 e. The summed E-state index contributed by atoms with van der Waals surface area (Å²) >= 11 is 0. The molecule has 1 N–H and O–H groups in total. The van der Waals surface area contributed by atoms with Crippen LogP contribution < -0.4 is 5.43 Å². The molecule has 0 spiro atoms. The zero-order chi connectivity index (χ0) is 7.68. The van der Waals surface area contributed by atoms with Crippen LogP contribution in [-0.4, -0.2) is 18.4 Å². The fraction of sp³-hybridized carbons (Fsp3) is 0.125. The van der Waals surface area contributed by atoms with Crippen molar-refractivity contribution in [2.75, 3.05) is 12.5 Å². The van der Waals surface area contributed by atoms with Gasteiger partial charge in [0.15, 0.2) is 0 Å². The molecule has 11 heavy (non-hydrogen) atoms. The van der Waals surface area contributed by atoms with Crippen molar-refractivity contribution in [1.29, 1.82) is 0 Å². The van der Waals surface area contributed by atoms with Crippen molar-refractivity contribution in [1.82, 2.24) is 5.01 Å². The van der Waals surface area contributed by atoms with E-state index in [0.29, 0.717) is 0 Å². The summed E-state index contributed by atoms with van der Waals surface area (Å²) in [6, 6.07) is 7.94. The Morgan fingerprint density at radius 2 is 2.18 bits per heavy atom. The van der Waals surface area contributed by atoms with Gasteiger partial charge in [0.1, 0.15) is 6.34 Å². The average molecular weight is 147 g/mol. The molecule has 56 valence electrons. The number of hydrogen-bond donors (Lipinski definition) is 1. The van der Waals surface area contributed by atoms with Gasteiger partial charge in [-0.3, -0.25) is 10.4 Å². The Labute approximate surface area is 65.3 Å². The summed E-state index contributed by atoms with van der Waals surface area (Å²) in [5.41, 5.74) is 5.19. The summed E-state index contributed by atoms with van der Waals surface area (Å²) in [6.45, 7) is 0. The largest absolute Gasteiger partial charge is 0.296 e. The third-order valence-corrected chi connectivity index (χ3v) is 1.57. The highest BCUT2D eigenvalue weighted by Crippen LogP contribution is 2.25. The molecule has 0 saturated carbocycles. The first kappa shape index (κ1) is 6.22. The lowest BCUT2D eigenvalue weighted by Crippen LogP contribution is -2.25. The van der Waals surface area contributed by atoms with E-state index < -0.39 is 0 Å². The van der Waals surface area contributed by atoms with E-state index in [4.69, 9.17) is 0 Å². The Morgan fingerprint density at radius 1 is 1.36 bits per heavy atom. The van der Waals surface area contributed by atoms with E-state index in [2.05, 4.69) is 10.4 Å². The summed E-state index contributed by atoms with van der Waals surface area (Å²) in [5.74, 6) is 0. The molecule has 0 amide bonds. The Hall–Kier alpha value is -1.51. The van der Waals surface area contributed by atoms with Crippen LogP contribution in [0.4, 0.5) is 11.4 Å². The van der Waals surface area contributed by atoms with Crippen LogP contribution in [0.5, 0.6) is 0 Å². The Morgan fingerprint density at radius 3 is 3.09 bits per heavy atom. The number of anilines is 1.